The summed E-state index contributed by atoms with van der Waals surface area (Å²) < 4.78 is 0. The molecule has 76 valence electrons. The Morgan fingerprint density at radius 2 is 2.00 bits per heavy atom. The highest BCUT2D eigenvalue weighted by Crippen LogP contribution is 2.27. The van der Waals surface area contributed by atoms with Crippen LogP contribution in [-0.2, 0) is 0 Å². The lowest BCUT2D eigenvalue weighted by atomic mass is 9.89. The zero-order valence-electron chi connectivity index (χ0n) is 8.26. The number of aliphatic hydroxyl groups is 1. The zero-order valence-corrected chi connectivity index (χ0v) is 8.26. The molecule has 13 heavy (non-hydrogen) atoms. The first-order valence-corrected chi connectivity index (χ1v) is 5.44. The Bertz CT molecular complexity index is 160. The van der Waals surface area contributed by atoms with E-state index in [9.17, 15) is 5.11 Å². The number of rotatable bonds is 2. The van der Waals surface area contributed by atoms with Gasteiger partial charge in [-0.15, -0.1) is 0 Å². The molecule has 2 N–H and O–H groups in total. The van der Waals surface area contributed by atoms with Gasteiger partial charge in [-0.1, -0.05) is 0 Å². The first-order chi connectivity index (χ1) is 6.37. The molecule has 2 rings (SSSR count). The smallest absolute Gasteiger partial charge is 0.0627 e. The van der Waals surface area contributed by atoms with Gasteiger partial charge in [-0.05, 0) is 45.3 Å². The van der Waals surface area contributed by atoms with Crippen LogP contribution in [0.5, 0.6) is 0 Å². The van der Waals surface area contributed by atoms with Crippen molar-refractivity contribution in [3.63, 3.8) is 0 Å². The molecular formula is C10H20N2O. The third-order valence-corrected chi connectivity index (χ3v) is 3.52. The van der Waals surface area contributed by atoms with Crippen molar-refractivity contribution >= 4 is 0 Å². The van der Waals surface area contributed by atoms with Crippen LogP contribution in [0, 0.1) is 0 Å². The molecular weight excluding hydrogens is 164 g/mol. The summed E-state index contributed by atoms with van der Waals surface area (Å²) in [4.78, 5) is 2.49. The maximum atomic E-state index is 9.52. The lowest BCUT2D eigenvalue weighted by Gasteiger charge is -2.43. The van der Waals surface area contributed by atoms with Crippen LogP contribution in [0.25, 0.3) is 0 Å². The molecule has 3 heteroatoms. The van der Waals surface area contributed by atoms with Gasteiger partial charge in [0, 0.05) is 6.54 Å². The summed E-state index contributed by atoms with van der Waals surface area (Å²) in [5, 5.41) is 12.9. The Labute approximate surface area is 80.1 Å². The first-order valence-electron chi connectivity index (χ1n) is 5.44. The van der Waals surface area contributed by atoms with E-state index in [1.807, 2.05) is 0 Å². The van der Waals surface area contributed by atoms with Crippen molar-refractivity contribution in [1.82, 2.24) is 10.2 Å². The predicted molar refractivity (Wildman–Crippen MR) is 52.7 cm³/mol. The molecule has 0 aliphatic carbocycles. The molecule has 2 saturated heterocycles. The topological polar surface area (TPSA) is 35.5 Å². The van der Waals surface area contributed by atoms with Crippen molar-refractivity contribution in [2.24, 2.45) is 0 Å². The average Bonchev–Trinajstić information content (AvgIpc) is 2.72. The van der Waals surface area contributed by atoms with Crippen molar-refractivity contribution in [3.8, 4) is 0 Å². The van der Waals surface area contributed by atoms with Crippen molar-refractivity contribution in [1.29, 1.82) is 0 Å². The first kappa shape index (κ1) is 9.44. The Kier molecular flexibility index (Phi) is 2.86. The molecule has 1 unspecified atom stereocenters. The van der Waals surface area contributed by atoms with Gasteiger partial charge in [0.25, 0.3) is 0 Å². The highest BCUT2D eigenvalue weighted by Gasteiger charge is 2.38. The summed E-state index contributed by atoms with van der Waals surface area (Å²) in [5.74, 6) is 0. The second kappa shape index (κ2) is 3.95. The van der Waals surface area contributed by atoms with E-state index in [0.717, 1.165) is 19.5 Å². The number of likely N-dealkylation sites (tertiary alicyclic amines) is 1. The van der Waals surface area contributed by atoms with Crippen LogP contribution in [-0.4, -0.2) is 48.3 Å². The predicted octanol–water partition coefficient (Wildman–Crippen LogP) is 0.197. The molecule has 2 fully saturated rings. The summed E-state index contributed by atoms with van der Waals surface area (Å²) in [6, 6.07) is 0. The van der Waals surface area contributed by atoms with E-state index in [1.54, 1.807) is 0 Å². The molecule has 0 bridgehead atoms. The summed E-state index contributed by atoms with van der Waals surface area (Å²) in [6.07, 6.45) is 4.98. The number of hydrogen-bond acceptors (Lipinski definition) is 3. The van der Waals surface area contributed by atoms with Crippen LogP contribution < -0.4 is 5.32 Å². The number of hydrogen-bond donors (Lipinski definition) is 2. The van der Waals surface area contributed by atoms with Crippen LogP contribution in [0.1, 0.15) is 25.7 Å². The normalized spacial score (nSPS) is 36.7. The van der Waals surface area contributed by atoms with E-state index in [2.05, 4.69) is 10.2 Å². The average molecular weight is 184 g/mol. The lowest BCUT2D eigenvalue weighted by molar-refractivity contribution is 0.0270. The molecule has 0 aromatic heterocycles. The van der Waals surface area contributed by atoms with Crippen LogP contribution in [0.15, 0.2) is 0 Å². The van der Waals surface area contributed by atoms with Gasteiger partial charge in [-0.2, -0.15) is 0 Å². The molecule has 1 atom stereocenters. The minimum Gasteiger partial charge on any atom is -0.394 e. The molecule has 0 saturated carbocycles. The SMILES string of the molecule is OCC1(N2CCCC2)CCCNC1. The van der Waals surface area contributed by atoms with Gasteiger partial charge in [-0.3, -0.25) is 4.90 Å². The van der Waals surface area contributed by atoms with E-state index >= 15 is 0 Å². The van der Waals surface area contributed by atoms with Gasteiger partial charge in [0.05, 0.1) is 12.1 Å². The molecule has 0 spiro atoms. The number of piperidine rings is 1. The fraction of sp³-hybridized carbons (Fsp3) is 1.00. The number of aliphatic hydroxyl groups excluding tert-OH is 1. The van der Waals surface area contributed by atoms with Gasteiger partial charge >= 0.3 is 0 Å². The maximum absolute atomic E-state index is 9.52. The van der Waals surface area contributed by atoms with E-state index in [0.29, 0.717) is 6.61 Å². The minimum atomic E-state index is 0.0781. The van der Waals surface area contributed by atoms with Gasteiger partial charge in [0.1, 0.15) is 0 Å². The molecule has 0 aromatic carbocycles. The van der Waals surface area contributed by atoms with E-state index in [1.165, 1.54) is 32.4 Å². The lowest BCUT2D eigenvalue weighted by Crippen LogP contribution is -2.59. The largest absolute Gasteiger partial charge is 0.394 e. The van der Waals surface area contributed by atoms with Crippen molar-refractivity contribution in [2.75, 3.05) is 32.8 Å². The fourth-order valence-corrected chi connectivity index (χ4v) is 2.65. The molecule has 3 nitrogen and oxygen atoms in total. The highest BCUT2D eigenvalue weighted by atomic mass is 16.3. The van der Waals surface area contributed by atoms with Crippen LogP contribution in [0.2, 0.25) is 0 Å². The molecule has 2 heterocycles. The number of nitrogens with one attached hydrogen (secondary N) is 1. The Balaban J connectivity index is 2.03. The summed E-state index contributed by atoms with van der Waals surface area (Å²) in [7, 11) is 0. The third-order valence-electron chi connectivity index (χ3n) is 3.52. The summed E-state index contributed by atoms with van der Waals surface area (Å²) in [5.41, 5.74) is 0.0781. The standard InChI is InChI=1S/C10H20N2O/c13-9-10(4-3-5-11-8-10)12-6-1-2-7-12/h11,13H,1-9H2. The number of nitrogens with zero attached hydrogens (tertiary/aromatic N) is 1. The van der Waals surface area contributed by atoms with Gasteiger partial charge in [0.15, 0.2) is 0 Å². The molecule has 0 radical (unpaired) electrons. The maximum Gasteiger partial charge on any atom is 0.0627 e. The Morgan fingerprint density at radius 3 is 2.54 bits per heavy atom. The highest BCUT2D eigenvalue weighted by molar-refractivity contribution is 4.96. The van der Waals surface area contributed by atoms with Crippen LogP contribution in [0.3, 0.4) is 0 Å². The molecule has 0 amide bonds. The second-order valence-corrected chi connectivity index (χ2v) is 4.36. The van der Waals surface area contributed by atoms with Crippen molar-refractivity contribution in [2.45, 2.75) is 31.2 Å². The Morgan fingerprint density at radius 1 is 1.23 bits per heavy atom. The minimum absolute atomic E-state index is 0.0781. The van der Waals surface area contributed by atoms with E-state index < -0.39 is 0 Å². The van der Waals surface area contributed by atoms with Crippen LogP contribution >= 0.6 is 0 Å². The summed E-state index contributed by atoms with van der Waals surface area (Å²) >= 11 is 0. The summed E-state index contributed by atoms with van der Waals surface area (Å²) in [6.45, 7) is 4.78. The third kappa shape index (κ3) is 1.73. The van der Waals surface area contributed by atoms with Crippen molar-refractivity contribution in [3.05, 3.63) is 0 Å². The zero-order chi connectivity index (χ0) is 9.15. The van der Waals surface area contributed by atoms with Crippen LogP contribution in [0.4, 0.5) is 0 Å². The second-order valence-electron chi connectivity index (χ2n) is 4.36. The fourth-order valence-electron chi connectivity index (χ4n) is 2.65. The molecule has 2 aliphatic rings. The van der Waals surface area contributed by atoms with E-state index in [-0.39, 0.29) is 5.54 Å². The van der Waals surface area contributed by atoms with Crippen molar-refractivity contribution < 1.29 is 5.11 Å². The molecule has 0 aromatic rings. The van der Waals surface area contributed by atoms with Gasteiger partial charge in [-0.25, -0.2) is 0 Å². The monoisotopic (exact) mass is 184 g/mol. The van der Waals surface area contributed by atoms with Gasteiger partial charge < -0.3 is 10.4 Å². The molecule has 2 aliphatic heterocycles. The van der Waals surface area contributed by atoms with E-state index in [4.69, 9.17) is 0 Å². The quantitative estimate of drug-likeness (QED) is 0.643. The Hall–Kier alpha value is -0.120. The van der Waals surface area contributed by atoms with Gasteiger partial charge in [0.2, 0.25) is 0 Å².